The van der Waals surface area contributed by atoms with Crippen LogP contribution in [0.25, 0.3) is 0 Å². The van der Waals surface area contributed by atoms with Crippen LogP contribution in [-0.4, -0.2) is 0 Å². The maximum absolute atomic E-state index is 2.61. The molecule has 25 atom stereocenters. The Morgan fingerprint density at radius 3 is 0.464 bits per heavy atom. The summed E-state index contributed by atoms with van der Waals surface area (Å²) in [7, 11) is 0. The molecule has 0 spiro atoms. The van der Waals surface area contributed by atoms with Gasteiger partial charge in [0.25, 0.3) is 0 Å². The highest BCUT2D eigenvalue weighted by molar-refractivity contribution is 4.88. The van der Waals surface area contributed by atoms with Crippen LogP contribution in [0.3, 0.4) is 0 Å². The van der Waals surface area contributed by atoms with E-state index in [4.69, 9.17) is 0 Å². The van der Waals surface area contributed by atoms with Crippen molar-refractivity contribution in [1.29, 1.82) is 0 Å². The first-order chi connectivity index (χ1) is 25.5. The molecule has 56 heavy (non-hydrogen) atoms. The van der Waals surface area contributed by atoms with Gasteiger partial charge in [0.05, 0.1) is 0 Å². The Morgan fingerprint density at radius 2 is 0.321 bits per heavy atom. The molecule has 0 heterocycles. The van der Waals surface area contributed by atoms with E-state index in [0.717, 1.165) is 154 Å². The summed E-state index contributed by atoms with van der Waals surface area (Å²) in [5, 5.41) is 0. The minimum absolute atomic E-state index is 0.722. The average Bonchev–Trinajstić information content (AvgIpc) is 3.19. The normalized spacial score (nSPS) is 26.5. The molecule has 0 radical (unpaired) electrons. The second-order valence-corrected chi connectivity index (χ2v) is 23.7. The standard InChI is InChI=1S/C56H114/c1-29-32(4)35(7)37(9)39(11)41(13)43(15)45(17)47(19)49(21)51(23)53(25)55(27)56(28)54(26)52(24)50(22)48(20)46(18)44(16)42(14)40(12)38(10)36(8)34(6)30-33(5)31(2)3/h31-56H,29-30H2,1-28H3. The van der Waals surface area contributed by atoms with Gasteiger partial charge >= 0.3 is 0 Å². The van der Waals surface area contributed by atoms with Gasteiger partial charge in [-0.2, -0.15) is 0 Å². The fourth-order valence-corrected chi connectivity index (χ4v) is 12.1. The van der Waals surface area contributed by atoms with Crippen molar-refractivity contribution in [2.24, 2.45) is 154 Å². The van der Waals surface area contributed by atoms with E-state index < -0.39 is 0 Å². The van der Waals surface area contributed by atoms with Gasteiger partial charge in [0.2, 0.25) is 0 Å². The zero-order valence-electron chi connectivity index (χ0n) is 44.4. The van der Waals surface area contributed by atoms with E-state index >= 15 is 0 Å². The Labute approximate surface area is 359 Å². The van der Waals surface area contributed by atoms with Crippen LogP contribution in [-0.2, 0) is 0 Å². The molecule has 0 saturated carbocycles. The van der Waals surface area contributed by atoms with Gasteiger partial charge < -0.3 is 0 Å². The number of rotatable bonds is 27. The van der Waals surface area contributed by atoms with Gasteiger partial charge in [-0.05, 0) is 160 Å². The SMILES string of the molecule is CCC(C)C(C)C(C)C(C)C(C)C(C)C(C)C(C)C(C)C(C)C(C)C(C)C(C)C(C)C(C)C(C)C(C)C(C)C(C)C(C)C(C)C(C)C(C)C(C)CC(C)C(C)C. The molecular formula is C56H114. The monoisotopic (exact) mass is 787 g/mol. The molecule has 0 aliphatic rings. The first-order valence-corrected chi connectivity index (χ1v) is 25.5. The van der Waals surface area contributed by atoms with Crippen molar-refractivity contribution in [2.45, 2.75) is 207 Å². The summed E-state index contributed by atoms with van der Waals surface area (Å²) in [5.41, 5.74) is 0. The van der Waals surface area contributed by atoms with Gasteiger partial charge in [-0.3, -0.25) is 0 Å². The second-order valence-electron chi connectivity index (χ2n) is 23.7. The Morgan fingerprint density at radius 1 is 0.179 bits per heavy atom. The van der Waals surface area contributed by atoms with Crippen molar-refractivity contribution in [1.82, 2.24) is 0 Å². The predicted molar refractivity (Wildman–Crippen MR) is 259 cm³/mol. The van der Waals surface area contributed by atoms with E-state index in [0.29, 0.717) is 0 Å². The van der Waals surface area contributed by atoms with Crippen LogP contribution in [0.4, 0.5) is 0 Å². The fourth-order valence-electron chi connectivity index (χ4n) is 12.1. The molecular weight excluding hydrogens is 673 g/mol. The minimum Gasteiger partial charge on any atom is -0.0651 e. The lowest BCUT2D eigenvalue weighted by Gasteiger charge is -2.44. The Kier molecular flexibility index (Phi) is 25.1. The maximum atomic E-state index is 2.61. The third-order valence-electron chi connectivity index (χ3n) is 21.7. The molecule has 0 nitrogen and oxygen atoms in total. The molecule has 0 N–H and O–H groups in total. The van der Waals surface area contributed by atoms with Gasteiger partial charge in [0.15, 0.2) is 0 Å². The molecule has 338 valence electrons. The smallest absolute Gasteiger partial charge is 0.0386 e. The van der Waals surface area contributed by atoms with Crippen molar-refractivity contribution in [2.75, 3.05) is 0 Å². The van der Waals surface area contributed by atoms with Gasteiger partial charge in [-0.15, -0.1) is 0 Å². The maximum Gasteiger partial charge on any atom is -0.0386 e. The Hall–Kier alpha value is 0. The molecule has 0 bridgehead atoms. The molecule has 0 aromatic heterocycles. The van der Waals surface area contributed by atoms with Gasteiger partial charge in [-0.25, -0.2) is 0 Å². The lowest BCUT2D eigenvalue weighted by atomic mass is 9.61. The van der Waals surface area contributed by atoms with Crippen LogP contribution in [0.15, 0.2) is 0 Å². The quantitative estimate of drug-likeness (QED) is 0.0778. The summed E-state index contributed by atoms with van der Waals surface area (Å²) < 4.78 is 0. The molecule has 0 fully saturated rings. The van der Waals surface area contributed by atoms with Crippen LogP contribution in [0.2, 0.25) is 0 Å². The van der Waals surface area contributed by atoms with E-state index in [-0.39, 0.29) is 0 Å². The first-order valence-electron chi connectivity index (χ1n) is 25.5. The van der Waals surface area contributed by atoms with E-state index in [1.54, 1.807) is 0 Å². The molecule has 0 aromatic rings. The van der Waals surface area contributed by atoms with Gasteiger partial charge in [0, 0.05) is 0 Å². The van der Waals surface area contributed by atoms with Crippen LogP contribution < -0.4 is 0 Å². The summed E-state index contributed by atoms with van der Waals surface area (Å²) in [6, 6.07) is 0. The summed E-state index contributed by atoms with van der Waals surface area (Å²) >= 11 is 0. The zero-order valence-corrected chi connectivity index (χ0v) is 44.4. The topological polar surface area (TPSA) is 0 Å². The summed E-state index contributed by atoms with van der Waals surface area (Å²) in [4.78, 5) is 0. The van der Waals surface area contributed by atoms with Crippen molar-refractivity contribution < 1.29 is 0 Å². The number of hydrogen-bond acceptors (Lipinski definition) is 0. The highest BCUT2D eigenvalue weighted by atomic mass is 14.5. The zero-order chi connectivity index (χ0) is 44.4. The minimum atomic E-state index is 0.722. The number of hydrogen-bond donors (Lipinski definition) is 0. The van der Waals surface area contributed by atoms with Crippen LogP contribution >= 0.6 is 0 Å². The van der Waals surface area contributed by atoms with E-state index in [9.17, 15) is 0 Å². The van der Waals surface area contributed by atoms with Gasteiger partial charge in [0.1, 0.15) is 0 Å². The highest BCUT2D eigenvalue weighted by Gasteiger charge is 2.40. The van der Waals surface area contributed by atoms with Crippen molar-refractivity contribution in [3.05, 3.63) is 0 Å². The van der Waals surface area contributed by atoms with Crippen LogP contribution in [0, 0.1) is 154 Å². The summed E-state index contributed by atoms with van der Waals surface area (Å²) in [5.74, 6) is 19.5. The highest BCUT2D eigenvalue weighted by Crippen LogP contribution is 2.46. The molecule has 0 rings (SSSR count). The largest absolute Gasteiger partial charge is 0.0651 e. The summed E-state index contributed by atoms with van der Waals surface area (Å²) in [6.45, 7) is 71.5. The summed E-state index contributed by atoms with van der Waals surface area (Å²) in [6.07, 6.45) is 2.66. The van der Waals surface area contributed by atoms with Crippen molar-refractivity contribution in [3.8, 4) is 0 Å². The van der Waals surface area contributed by atoms with Crippen LogP contribution in [0.1, 0.15) is 207 Å². The lowest BCUT2D eigenvalue weighted by Crippen LogP contribution is -2.38. The molecule has 0 aliphatic carbocycles. The molecule has 0 aromatic carbocycles. The van der Waals surface area contributed by atoms with Crippen molar-refractivity contribution >= 4 is 0 Å². The third-order valence-corrected chi connectivity index (χ3v) is 21.7. The van der Waals surface area contributed by atoms with Crippen molar-refractivity contribution in [3.63, 3.8) is 0 Å². The molecule has 0 aliphatic heterocycles. The van der Waals surface area contributed by atoms with E-state index in [1.807, 2.05) is 0 Å². The van der Waals surface area contributed by atoms with Gasteiger partial charge in [-0.1, -0.05) is 200 Å². The Bertz CT molecular complexity index is 1010. The molecule has 0 amide bonds. The van der Waals surface area contributed by atoms with Crippen LogP contribution in [0.5, 0.6) is 0 Å². The van der Waals surface area contributed by atoms with E-state index in [2.05, 4.69) is 194 Å². The first kappa shape index (κ1) is 56.0. The van der Waals surface area contributed by atoms with E-state index in [1.165, 1.54) is 12.8 Å². The predicted octanol–water partition coefficient (Wildman–Crippen LogP) is 18.3. The second kappa shape index (κ2) is 25.1. The molecule has 25 unspecified atom stereocenters. The Balaban J connectivity index is 5.59. The lowest BCUT2D eigenvalue weighted by molar-refractivity contribution is 0.0416. The molecule has 0 heteroatoms. The average molecular weight is 788 g/mol. The third kappa shape index (κ3) is 14.6. The molecule has 0 saturated heterocycles. The fraction of sp³-hybridized carbons (Fsp3) is 1.00.